The van der Waals surface area contributed by atoms with Crippen LogP contribution in [0.3, 0.4) is 0 Å². The first-order valence-corrected chi connectivity index (χ1v) is 4.00. The van der Waals surface area contributed by atoms with Crippen molar-refractivity contribution in [1.82, 2.24) is 0 Å². The van der Waals surface area contributed by atoms with Crippen LogP contribution >= 0.6 is 9.90 Å². The van der Waals surface area contributed by atoms with Gasteiger partial charge in [-0.15, -0.1) is 0 Å². The van der Waals surface area contributed by atoms with Gasteiger partial charge in [0, 0.05) is 0 Å². The number of aliphatic hydroxyl groups is 3. The molecule has 0 saturated heterocycles. The van der Waals surface area contributed by atoms with Crippen molar-refractivity contribution in [2.75, 3.05) is 6.61 Å². The molecule has 10 heteroatoms. The molecule has 8 nitrogen and oxygen atoms in total. The Balaban J connectivity index is 0. The normalized spacial score (nSPS) is 12.3. The van der Waals surface area contributed by atoms with Gasteiger partial charge in [0.1, 0.15) is 0 Å². The van der Waals surface area contributed by atoms with Crippen LogP contribution < -0.4 is 0 Å². The second-order valence-electron chi connectivity index (χ2n) is 1.83. The molecule has 0 aliphatic heterocycles. The van der Waals surface area contributed by atoms with E-state index < -0.39 is 29.4 Å². The van der Waals surface area contributed by atoms with Crippen LogP contribution in [-0.2, 0) is 18.9 Å². The van der Waals surface area contributed by atoms with E-state index in [1.165, 1.54) is 0 Å². The Bertz CT molecular complexity index is 216. The molecule has 0 aromatic heterocycles. The van der Waals surface area contributed by atoms with E-state index in [1.54, 1.807) is 0 Å². The first-order chi connectivity index (χ1) is 5.27. The molecule has 0 saturated carbocycles. The van der Waals surface area contributed by atoms with Gasteiger partial charge in [0.05, 0.1) is 13.0 Å². The van der Waals surface area contributed by atoms with E-state index in [0.29, 0.717) is 0 Å². The van der Waals surface area contributed by atoms with Crippen molar-refractivity contribution in [3.05, 3.63) is 0 Å². The van der Waals surface area contributed by atoms with Crippen molar-refractivity contribution in [2.24, 2.45) is 0 Å². The van der Waals surface area contributed by atoms with Crippen LogP contribution in [0.1, 0.15) is 6.42 Å². The minimum absolute atomic E-state index is 0. The van der Waals surface area contributed by atoms with Gasteiger partial charge in [0.25, 0.3) is 5.97 Å². The summed E-state index contributed by atoms with van der Waals surface area (Å²) >= 11 is 0. The summed E-state index contributed by atoms with van der Waals surface area (Å²) in [5.74, 6) is -3.01. The summed E-state index contributed by atoms with van der Waals surface area (Å²) in [6.07, 6.45) is -0.768. The summed E-state index contributed by atoms with van der Waals surface area (Å²) in [6, 6.07) is 0. The molecule has 1 atom stereocenters. The van der Waals surface area contributed by atoms with Gasteiger partial charge in [-0.3, -0.25) is 0 Å². The van der Waals surface area contributed by atoms with E-state index >= 15 is 0 Å². The summed E-state index contributed by atoms with van der Waals surface area (Å²) in [7, 11) is -4.52. The Kier molecular flexibility index (Phi) is 6.94. The Hall–Kier alpha value is 0.140. The van der Waals surface area contributed by atoms with Crippen molar-refractivity contribution in [3.63, 3.8) is 0 Å². The molecule has 0 fully saturated rings. The minimum Gasteiger partial charge on any atom is -0.344 e. The monoisotopic (exact) mass is 238 g/mol. The van der Waals surface area contributed by atoms with Gasteiger partial charge < -0.3 is 15.3 Å². The number of rotatable bonds is 5. The van der Waals surface area contributed by atoms with Gasteiger partial charge in [0.15, 0.2) is 0 Å². The lowest BCUT2D eigenvalue weighted by Crippen LogP contribution is -2.29. The first kappa shape index (κ1) is 15.6. The molecule has 0 aliphatic carbocycles. The summed E-state index contributed by atoms with van der Waals surface area (Å²) in [5.41, 5.74) is 0. The fraction of sp³-hybridized carbons (Fsp3) is 1.00. The van der Waals surface area contributed by atoms with Crippen molar-refractivity contribution >= 4 is 20.3 Å². The molecule has 0 heterocycles. The molecule has 0 aromatic rings. The van der Waals surface area contributed by atoms with E-state index in [2.05, 4.69) is 8.52 Å². The zero-order chi connectivity index (χ0) is 9.83. The van der Waals surface area contributed by atoms with Gasteiger partial charge >= 0.3 is 10.4 Å². The SMILES string of the molecule is O=S(=O)(OO)OCCC(O)(O)O.P. The quantitative estimate of drug-likeness (QED) is 0.184. The highest BCUT2D eigenvalue weighted by Gasteiger charge is 2.20. The largest absolute Gasteiger partial charge is 0.426 e. The highest BCUT2D eigenvalue weighted by molar-refractivity contribution is 7.81. The molecule has 0 aromatic carbocycles. The maximum absolute atomic E-state index is 10.1. The van der Waals surface area contributed by atoms with Gasteiger partial charge in [-0.25, -0.2) is 9.44 Å². The standard InChI is InChI=1S/C3H8O8S.H3P/c4-3(5,6)1-2-10-12(8,9)11-7;/h4-7H,1-2H2;1H3. The lowest BCUT2D eigenvalue weighted by molar-refractivity contribution is -0.316. The van der Waals surface area contributed by atoms with Gasteiger partial charge in [0.2, 0.25) is 0 Å². The molecule has 0 radical (unpaired) electrons. The van der Waals surface area contributed by atoms with Crippen molar-refractivity contribution < 1.29 is 37.5 Å². The zero-order valence-corrected chi connectivity index (χ0v) is 8.68. The molecule has 1 unspecified atom stereocenters. The second-order valence-corrected chi connectivity index (χ2v) is 3.03. The fourth-order valence-electron chi connectivity index (χ4n) is 0.302. The third kappa shape index (κ3) is 10.1. The number of hydrogen-bond donors (Lipinski definition) is 4. The second kappa shape index (κ2) is 5.78. The predicted octanol–water partition coefficient (Wildman–Crippen LogP) is -2.18. The molecule has 82 valence electrons. The van der Waals surface area contributed by atoms with E-state index in [0.717, 1.165) is 0 Å². The van der Waals surface area contributed by atoms with Gasteiger partial charge in [-0.1, -0.05) is 4.33 Å². The van der Waals surface area contributed by atoms with Gasteiger partial charge in [-0.2, -0.15) is 18.3 Å². The lowest BCUT2D eigenvalue weighted by Gasteiger charge is -2.12. The van der Waals surface area contributed by atoms with Crippen molar-refractivity contribution in [3.8, 4) is 0 Å². The van der Waals surface area contributed by atoms with Crippen LogP contribution in [0, 0.1) is 0 Å². The minimum atomic E-state index is -4.52. The van der Waals surface area contributed by atoms with E-state index in [1.807, 2.05) is 0 Å². The van der Waals surface area contributed by atoms with Crippen LogP contribution in [0.15, 0.2) is 0 Å². The van der Waals surface area contributed by atoms with Crippen LogP contribution in [0.4, 0.5) is 0 Å². The van der Waals surface area contributed by atoms with E-state index in [4.69, 9.17) is 20.6 Å². The summed E-state index contributed by atoms with van der Waals surface area (Å²) in [6.45, 7) is -0.744. The van der Waals surface area contributed by atoms with Gasteiger partial charge in [-0.05, 0) is 0 Å². The fourth-order valence-corrected chi connectivity index (χ4v) is 0.633. The summed E-state index contributed by atoms with van der Waals surface area (Å²) in [4.78, 5) is 0. The highest BCUT2D eigenvalue weighted by atomic mass is 32.3. The summed E-state index contributed by atoms with van der Waals surface area (Å²) < 4.78 is 26.9. The molecule has 13 heavy (non-hydrogen) atoms. The first-order valence-electron chi connectivity index (χ1n) is 2.66. The third-order valence-corrected chi connectivity index (χ3v) is 1.39. The maximum atomic E-state index is 10.1. The molecule has 0 bridgehead atoms. The molecule has 0 amide bonds. The molecular weight excluding hydrogens is 227 g/mol. The molecule has 0 aliphatic rings. The Morgan fingerprint density at radius 1 is 1.23 bits per heavy atom. The third-order valence-electron chi connectivity index (χ3n) is 0.756. The number of hydrogen-bond acceptors (Lipinski definition) is 8. The Morgan fingerprint density at radius 3 is 2.00 bits per heavy atom. The Labute approximate surface area is 77.6 Å². The summed E-state index contributed by atoms with van der Waals surface area (Å²) in [5, 5.41) is 32.3. The lowest BCUT2D eigenvalue weighted by atomic mass is 10.4. The van der Waals surface area contributed by atoms with E-state index in [-0.39, 0.29) is 9.90 Å². The molecule has 0 rings (SSSR count). The molecule has 0 spiro atoms. The van der Waals surface area contributed by atoms with Crippen LogP contribution in [0.25, 0.3) is 0 Å². The predicted molar refractivity (Wildman–Crippen MR) is 43.7 cm³/mol. The maximum Gasteiger partial charge on any atom is 0.426 e. The smallest absolute Gasteiger partial charge is 0.344 e. The zero-order valence-electron chi connectivity index (χ0n) is 6.45. The van der Waals surface area contributed by atoms with Crippen LogP contribution in [-0.4, -0.2) is 41.6 Å². The molecule has 4 N–H and O–H groups in total. The average molecular weight is 238 g/mol. The van der Waals surface area contributed by atoms with E-state index in [9.17, 15) is 8.42 Å². The Morgan fingerprint density at radius 2 is 1.69 bits per heavy atom. The van der Waals surface area contributed by atoms with Crippen molar-refractivity contribution in [1.29, 1.82) is 0 Å². The molecular formula is C3H11O8PS. The highest BCUT2D eigenvalue weighted by Crippen LogP contribution is 2.02. The van der Waals surface area contributed by atoms with Crippen molar-refractivity contribution in [2.45, 2.75) is 12.4 Å². The van der Waals surface area contributed by atoms with Crippen LogP contribution in [0.2, 0.25) is 0 Å². The van der Waals surface area contributed by atoms with Crippen LogP contribution in [0.5, 0.6) is 0 Å². The average Bonchev–Trinajstić information content (AvgIpc) is 1.84. The topological polar surface area (TPSA) is 134 Å².